The maximum Gasteiger partial charge on any atom is 0.398 e. The Morgan fingerprint density at radius 1 is 0.675 bits per heavy atom. The van der Waals surface area contributed by atoms with Crippen molar-refractivity contribution in [3.8, 4) is 0 Å². The molecule has 1 unspecified atom stereocenters. The third kappa shape index (κ3) is 5.96. The van der Waals surface area contributed by atoms with Crippen LogP contribution >= 0.6 is 0 Å². The van der Waals surface area contributed by atoms with Crippen LogP contribution in [0.3, 0.4) is 0 Å². The van der Waals surface area contributed by atoms with Crippen LogP contribution in [0.4, 0.5) is 26.3 Å². The number of alkyl halides is 6. The lowest BCUT2D eigenvalue weighted by atomic mass is 9.68. The molecule has 2 saturated carbocycles. The SMILES string of the molecule is CC(C)N(CCc1ccccc1)C(C)CCc1c(C2(C(F)(F)F)CCCC2)cccc1C1(C(F)(F)F)CCCC1. The second-order valence-electron chi connectivity index (χ2n) is 12.4. The molecule has 0 saturated heterocycles. The first-order valence-electron chi connectivity index (χ1n) is 14.9. The third-order valence-electron chi connectivity index (χ3n) is 9.75. The highest BCUT2D eigenvalue weighted by atomic mass is 19.4. The van der Waals surface area contributed by atoms with Gasteiger partial charge in [0.05, 0.1) is 10.8 Å². The van der Waals surface area contributed by atoms with Gasteiger partial charge in [-0.1, -0.05) is 74.2 Å². The van der Waals surface area contributed by atoms with Gasteiger partial charge in [-0.25, -0.2) is 0 Å². The fourth-order valence-electron chi connectivity index (χ4n) is 7.53. The Morgan fingerprint density at radius 2 is 1.15 bits per heavy atom. The molecule has 0 heterocycles. The van der Waals surface area contributed by atoms with Gasteiger partial charge in [0.25, 0.3) is 0 Å². The van der Waals surface area contributed by atoms with E-state index in [-0.39, 0.29) is 55.3 Å². The second-order valence-corrected chi connectivity index (χ2v) is 12.4. The van der Waals surface area contributed by atoms with Crippen LogP contribution < -0.4 is 0 Å². The van der Waals surface area contributed by atoms with Crippen molar-refractivity contribution in [3.05, 3.63) is 70.8 Å². The van der Waals surface area contributed by atoms with Crippen LogP contribution in [0.15, 0.2) is 48.5 Å². The van der Waals surface area contributed by atoms with Gasteiger partial charge in [0.1, 0.15) is 0 Å². The lowest BCUT2D eigenvalue weighted by molar-refractivity contribution is -0.191. The number of hydrogen-bond donors (Lipinski definition) is 0. The number of rotatable bonds is 10. The molecule has 0 bridgehead atoms. The average Bonchev–Trinajstić information content (AvgIpc) is 3.59. The Labute approximate surface area is 235 Å². The Kier molecular flexibility index (Phi) is 9.33. The molecule has 4 rings (SSSR count). The summed E-state index contributed by atoms with van der Waals surface area (Å²) < 4.78 is 88.7. The molecule has 0 N–H and O–H groups in total. The minimum Gasteiger partial charge on any atom is -0.298 e. The number of nitrogens with zero attached hydrogens (tertiary/aromatic N) is 1. The molecule has 0 amide bonds. The van der Waals surface area contributed by atoms with E-state index < -0.39 is 23.2 Å². The largest absolute Gasteiger partial charge is 0.398 e. The van der Waals surface area contributed by atoms with Crippen LogP contribution in [0.5, 0.6) is 0 Å². The highest BCUT2D eigenvalue weighted by Gasteiger charge is 2.60. The first kappa shape index (κ1) is 30.9. The molecule has 7 heteroatoms. The number of benzene rings is 2. The van der Waals surface area contributed by atoms with Gasteiger partial charge in [-0.05, 0) is 88.0 Å². The third-order valence-corrected chi connectivity index (χ3v) is 9.75. The molecule has 2 aromatic rings. The van der Waals surface area contributed by atoms with E-state index >= 15 is 0 Å². The Hall–Kier alpha value is -2.02. The van der Waals surface area contributed by atoms with Gasteiger partial charge in [0.2, 0.25) is 0 Å². The highest BCUT2D eigenvalue weighted by molar-refractivity contribution is 5.47. The molecule has 2 aromatic carbocycles. The van der Waals surface area contributed by atoms with E-state index in [4.69, 9.17) is 0 Å². The molecule has 1 atom stereocenters. The minimum absolute atomic E-state index is 0.000415. The number of halogens is 6. The van der Waals surface area contributed by atoms with Crippen LogP contribution in [-0.2, 0) is 23.7 Å². The van der Waals surface area contributed by atoms with Crippen LogP contribution in [-0.4, -0.2) is 35.9 Å². The first-order valence-corrected chi connectivity index (χ1v) is 14.9. The summed E-state index contributed by atoms with van der Waals surface area (Å²) >= 11 is 0. The monoisotopic (exact) mass is 567 g/mol. The van der Waals surface area contributed by atoms with Crippen molar-refractivity contribution < 1.29 is 26.3 Å². The zero-order valence-electron chi connectivity index (χ0n) is 24.0. The van der Waals surface area contributed by atoms with Gasteiger partial charge < -0.3 is 0 Å². The summed E-state index contributed by atoms with van der Waals surface area (Å²) in [6.45, 7) is 7.01. The summed E-state index contributed by atoms with van der Waals surface area (Å²) in [5.74, 6) is 0. The molecule has 40 heavy (non-hydrogen) atoms. The molecule has 222 valence electrons. The van der Waals surface area contributed by atoms with Crippen molar-refractivity contribution in [3.63, 3.8) is 0 Å². The van der Waals surface area contributed by atoms with E-state index in [0.29, 0.717) is 37.7 Å². The fourth-order valence-corrected chi connectivity index (χ4v) is 7.53. The predicted octanol–water partition coefficient (Wildman–Crippen LogP) is 9.71. The molecule has 2 aliphatic rings. The van der Waals surface area contributed by atoms with E-state index in [1.165, 1.54) is 23.8 Å². The van der Waals surface area contributed by atoms with E-state index in [1.807, 2.05) is 18.2 Å². The normalized spacial score (nSPS) is 20.0. The van der Waals surface area contributed by atoms with Crippen molar-refractivity contribution in [2.75, 3.05) is 6.54 Å². The summed E-state index contributed by atoms with van der Waals surface area (Å²) in [5, 5.41) is 0. The minimum atomic E-state index is -4.51. The van der Waals surface area contributed by atoms with E-state index in [0.717, 1.165) is 13.0 Å². The second kappa shape index (κ2) is 12.1. The molecule has 0 spiro atoms. The van der Waals surface area contributed by atoms with E-state index in [1.54, 1.807) is 0 Å². The molecular formula is C33H43F6N. The van der Waals surface area contributed by atoms with Gasteiger partial charge in [0.15, 0.2) is 0 Å². The Morgan fingerprint density at radius 3 is 1.57 bits per heavy atom. The topological polar surface area (TPSA) is 3.24 Å². The average molecular weight is 568 g/mol. The summed E-state index contributed by atoms with van der Waals surface area (Å²) in [5.41, 5.74) is -2.44. The maximum absolute atomic E-state index is 14.8. The Balaban J connectivity index is 1.72. The van der Waals surface area contributed by atoms with Gasteiger partial charge >= 0.3 is 12.4 Å². The molecular weight excluding hydrogens is 524 g/mol. The van der Waals surface area contributed by atoms with Crippen LogP contribution in [0.25, 0.3) is 0 Å². The van der Waals surface area contributed by atoms with Crippen molar-refractivity contribution in [1.29, 1.82) is 0 Å². The van der Waals surface area contributed by atoms with E-state index in [2.05, 4.69) is 37.8 Å². The van der Waals surface area contributed by atoms with Crippen LogP contribution in [0, 0.1) is 0 Å². The van der Waals surface area contributed by atoms with Gasteiger partial charge in [0, 0.05) is 18.6 Å². The zero-order valence-corrected chi connectivity index (χ0v) is 24.0. The van der Waals surface area contributed by atoms with Crippen LogP contribution in [0.1, 0.15) is 101 Å². The summed E-state index contributed by atoms with van der Waals surface area (Å²) in [4.78, 5) is 2.32. The number of hydrogen-bond acceptors (Lipinski definition) is 1. The van der Waals surface area contributed by atoms with Gasteiger partial charge in [-0.3, -0.25) is 4.90 Å². The first-order chi connectivity index (χ1) is 18.8. The summed E-state index contributed by atoms with van der Waals surface area (Å²) in [6, 6.07) is 14.7. The highest BCUT2D eigenvalue weighted by Crippen LogP contribution is 2.57. The molecule has 0 radical (unpaired) electrons. The quantitative estimate of drug-likeness (QED) is 0.258. The van der Waals surface area contributed by atoms with Crippen molar-refractivity contribution in [2.24, 2.45) is 0 Å². The Bertz CT molecular complexity index is 1040. The van der Waals surface area contributed by atoms with Crippen molar-refractivity contribution >= 4 is 0 Å². The lowest BCUT2D eigenvalue weighted by Gasteiger charge is -2.39. The molecule has 0 aliphatic heterocycles. The molecule has 1 nitrogen and oxygen atoms in total. The predicted molar refractivity (Wildman–Crippen MR) is 149 cm³/mol. The maximum atomic E-state index is 14.8. The lowest BCUT2D eigenvalue weighted by Crippen LogP contribution is -2.44. The summed E-state index contributed by atoms with van der Waals surface area (Å²) in [6.07, 6.45) is -5.98. The van der Waals surface area contributed by atoms with Gasteiger partial charge in [-0.2, -0.15) is 26.3 Å². The zero-order chi connectivity index (χ0) is 29.2. The smallest absolute Gasteiger partial charge is 0.298 e. The molecule has 2 fully saturated rings. The molecule has 2 aliphatic carbocycles. The van der Waals surface area contributed by atoms with Crippen molar-refractivity contribution in [1.82, 2.24) is 4.90 Å². The van der Waals surface area contributed by atoms with Gasteiger partial charge in [-0.15, -0.1) is 0 Å². The summed E-state index contributed by atoms with van der Waals surface area (Å²) in [7, 11) is 0. The van der Waals surface area contributed by atoms with E-state index in [9.17, 15) is 26.3 Å². The van der Waals surface area contributed by atoms with Crippen LogP contribution in [0.2, 0.25) is 0 Å². The fraction of sp³-hybridized carbons (Fsp3) is 0.636. The standard InChI is InChI=1S/C33H43F6N/c1-24(2)40(23-18-26-12-5-4-6-13-26)25(3)16-17-27-28(30(32(34,35)36)19-7-8-20-30)14-11-15-29(27)31(33(37,38)39)21-9-10-22-31/h4-6,11-15,24-25H,7-10,16-23H2,1-3H3. The van der Waals surface area contributed by atoms with Crippen molar-refractivity contribution in [2.45, 2.75) is 127 Å². The molecule has 0 aromatic heterocycles.